The number of carbonyl (C=O) groups excluding carboxylic acids is 1. The molecule has 20 heavy (non-hydrogen) atoms. The zero-order valence-electron chi connectivity index (χ0n) is 11.6. The first-order chi connectivity index (χ1) is 9.52. The molecular weight excluding hydrogens is 262 g/mol. The molecule has 1 aromatic carbocycles. The molecule has 0 unspecified atom stereocenters. The molecule has 1 saturated heterocycles. The minimum Gasteiger partial charge on any atom is -0.490 e. The lowest BCUT2D eigenvalue weighted by Crippen LogP contribution is -2.48. The van der Waals surface area contributed by atoms with Gasteiger partial charge in [-0.15, -0.1) is 0 Å². The summed E-state index contributed by atoms with van der Waals surface area (Å²) in [4.78, 5) is 26.0. The molecule has 0 atom stereocenters. The van der Waals surface area contributed by atoms with E-state index in [-0.39, 0.29) is 16.5 Å². The summed E-state index contributed by atoms with van der Waals surface area (Å²) >= 11 is 0. The predicted octanol–water partition coefficient (Wildman–Crippen LogP) is 1.16. The van der Waals surface area contributed by atoms with Crippen molar-refractivity contribution in [1.29, 1.82) is 0 Å². The second-order valence-electron chi connectivity index (χ2n) is 4.62. The van der Waals surface area contributed by atoms with Crippen molar-refractivity contribution in [3.05, 3.63) is 23.1 Å². The summed E-state index contributed by atoms with van der Waals surface area (Å²) in [7, 11) is 1.44. The lowest BCUT2D eigenvalue weighted by atomic mass is 10.2. The number of piperazine rings is 1. The largest absolute Gasteiger partial charge is 0.490 e. The summed E-state index contributed by atoms with van der Waals surface area (Å²) in [5, 5.41) is 9.10. The van der Waals surface area contributed by atoms with E-state index >= 15 is 0 Å². The Hall–Kier alpha value is -2.31. The number of benzene rings is 1. The van der Waals surface area contributed by atoms with Crippen LogP contribution in [-0.2, 0) is 4.79 Å². The first kappa shape index (κ1) is 14.1. The average Bonchev–Trinajstić information content (AvgIpc) is 2.46. The number of methoxy groups -OCH3 is 1. The molecule has 108 valence electrons. The maximum Gasteiger partial charge on any atom is 0.360 e. The van der Waals surface area contributed by atoms with Crippen molar-refractivity contribution in [1.82, 2.24) is 4.90 Å². The summed E-state index contributed by atoms with van der Waals surface area (Å²) in [6.07, 6.45) is 0. The van der Waals surface area contributed by atoms with Crippen molar-refractivity contribution in [2.45, 2.75) is 6.92 Å². The fourth-order valence-electron chi connectivity index (χ4n) is 2.30. The van der Waals surface area contributed by atoms with Crippen molar-refractivity contribution in [2.24, 2.45) is 0 Å². The number of amides is 1. The predicted molar refractivity (Wildman–Crippen MR) is 72.5 cm³/mol. The number of nitrogens with zero attached hydrogens (tertiary/aromatic N) is 3. The van der Waals surface area contributed by atoms with Gasteiger partial charge in [0.05, 0.1) is 12.0 Å². The van der Waals surface area contributed by atoms with Gasteiger partial charge in [-0.1, -0.05) is 0 Å². The van der Waals surface area contributed by atoms with Gasteiger partial charge in [-0.25, -0.2) is 5.21 Å². The van der Waals surface area contributed by atoms with Gasteiger partial charge in [0.1, 0.15) is 0 Å². The highest BCUT2D eigenvalue weighted by molar-refractivity contribution is 5.73. The van der Waals surface area contributed by atoms with Crippen LogP contribution in [0.4, 0.5) is 11.4 Å². The Morgan fingerprint density at radius 2 is 1.95 bits per heavy atom. The minimum absolute atomic E-state index is 0.0685. The van der Waals surface area contributed by atoms with Gasteiger partial charge < -0.3 is 14.5 Å². The molecule has 0 aromatic heterocycles. The molecule has 1 aliphatic rings. The first-order valence-electron chi connectivity index (χ1n) is 6.37. The first-order valence-corrected chi connectivity index (χ1v) is 6.37. The molecule has 0 saturated carbocycles. The van der Waals surface area contributed by atoms with Crippen molar-refractivity contribution in [2.75, 3.05) is 38.2 Å². The van der Waals surface area contributed by atoms with Crippen LogP contribution >= 0.6 is 0 Å². The van der Waals surface area contributed by atoms with Crippen molar-refractivity contribution in [3.63, 3.8) is 0 Å². The molecule has 0 bridgehead atoms. The van der Waals surface area contributed by atoms with Crippen LogP contribution in [0.1, 0.15) is 6.92 Å². The summed E-state index contributed by atoms with van der Waals surface area (Å²) in [6, 6.07) is 5.05. The zero-order chi connectivity index (χ0) is 14.7. The normalized spacial score (nSPS) is 15.1. The topological polar surface area (TPSA) is 73.1 Å². The van der Waals surface area contributed by atoms with E-state index in [0.29, 0.717) is 31.9 Å². The SMILES string of the molecule is COc1ccc(N2CCN(C(C)=O)CC2)cc1[N+](=O)O. The molecule has 1 aromatic rings. The van der Waals surface area contributed by atoms with Crippen LogP contribution in [0, 0.1) is 4.91 Å². The maximum absolute atomic E-state index is 11.3. The summed E-state index contributed by atoms with van der Waals surface area (Å²) in [5.74, 6) is 0.384. The smallest absolute Gasteiger partial charge is 0.360 e. The van der Waals surface area contributed by atoms with Crippen molar-refractivity contribution >= 4 is 17.3 Å². The summed E-state index contributed by atoms with van der Waals surface area (Å²) < 4.78 is 5.02. The Balaban J connectivity index is 2.16. The number of hydrogen-bond donors (Lipinski definition) is 1. The highest BCUT2D eigenvalue weighted by atomic mass is 16.6. The summed E-state index contributed by atoms with van der Waals surface area (Å²) in [6.45, 7) is 4.24. The molecule has 0 spiro atoms. The zero-order valence-corrected chi connectivity index (χ0v) is 11.6. The number of anilines is 1. The second kappa shape index (κ2) is 5.77. The molecule has 7 nitrogen and oxygen atoms in total. The van der Waals surface area contributed by atoms with Crippen molar-refractivity contribution in [3.8, 4) is 5.75 Å². The molecular formula is C13H18N3O4+. The van der Waals surface area contributed by atoms with E-state index in [0.717, 1.165) is 5.69 Å². The molecule has 7 heteroatoms. The van der Waals surface area contributed by atoms with Gasteiger partial charge in [0.25, 0.3) is 4.92 Å². The van der Waals surface area contributed by atoms with E-state index in [4.69, 9.17) is 9.94 Å². The van der Waals surface area contributed by atoms with E-state index in [1.165, 1.54) is 7.11 Å². The highest BCUT2D eigenvalue weighted by Crippen LogP contribution is 2.31. The highest BCUT2D eigenvalue weighted by Gasteiger charge is 2.24. The molecule has 1 amide bonds. The van der Waals surface area contributed by atoms with Gasteiger partial charge in [0.2, 0.25) is 11.7 Å². The van der Waals surface area contributed by atoms with Crippen LogP contribution in [0.15, 0.2) is 18.2 Å². The Morgan fingerprint density at radius 3 is 2.45 bits per heavy atom. The third-order valence-corrected chi connectivity index (χ3v) is 3.46. The molecule has 0 radical (unpaired) electrons. The Morgan fingerprint density at radius 1 is 1.30 bits per heavy atom. The number of ether oxygens (including phenoxy) is 1. The third kappa shape index (κ3) is 2.81. The van der Waals surface area contributed by atoms with E-state index in [9.17, 15) is 9.70 Å². The fourth-order valence-corrected chi connectivity index (χ4v) is 2.30. The fraction of sp³-hybridized carbons (Fsp3) is 0.462. The number of hydrogen-bond acceptors (Lipinski definition) is 4. The average molecular weight is 280 g/mol. The van der Waals surface area contributed by atoms with E-state index < -0.39 is 0 Å². The maximum atomic E-state index is 11.3. The van der Waals surface area contributed by atoms with Crippen LogP contribution in [0.5, 0.6) is 5.75 Å². The Kier molecular flexibility index (Phi) is 4.07. The molecule has 1 heterocycles. The number of carbonyl (C=O) groups is 1. The Bertz CT molecular complexity index is 524. The molecule has 2 rings (SSSR count). The van der Waals surface area contributed by atoms with Crippen LogP contribution in [0.3, 0.4) is 0 Å². The Labute approximate surface area is 116 Å². The van der Waals surface area contributed by atoms with Crippen LogP contribution < -0.4 is 9.64 Å². The lowest BCUT2D eigenvalue weighted by molar-refractivity contribution is -0.730. The number of rotatable bonds is 3. The quantitative estimate of drug-likeness (QED) is 0.841. The van der Waals surface area contributed by atoms with Gasteiger partial charge in [0.15, 0.2) is 0 Å². The third-order valence-electron chi connectivity index (χ3n) is 3.46. The van der Waals surface area contributed by atoms with Gasteiger partial charge >= 0.3 is 5.69 Å². The van der Waals surface area contributed by atoms with Gasteiger partial charge in [-0.05, 0) is 12.1 Å². The van der Waals surface area contributed by atoms with Crippen LogP contribution in [0.25, 0.3) is 0 Å². The van der Waals surface area contributed by atoms with Crippen LogP contribution in [-0.4, -0.2) is 54.2 Å². The molecule has 0 aliphatic carbocycles. The van der Waals surface area contributed by atoms with Gasteiger partial charge in [0, 0.05) is 44.9 Å². The van der Waals surface area contributed by atoms with E-state index in [2.05, 4.69) is 4.90 Å². The van der Waals surface area contributed by atoms with Gasteiger partial charge in [-0.3, -0.25) is 4.79 Å². The summed E-state index contributed by atoms with van der Waals surface area (Å²) in [5.41, 5.74) is 0.887. The molecule has 1 aliphatic heterocycles. The van der Waals surface area contributed by atoms with Crippen molar-refractivity contribution < 1.29 is 19.7 Å². The minimum atomic E-state index is -0.200. The standard InChI is InChI=1S/C13H18N3O4/c1-10(17)14-5-7-15(8-6-14)11-3-4-13(20-2)12(9-11)16(18)19/h3-4,9H,5-8H2,1-2H3,(H,18,19)/q+1. The second-order valence-corrected chi connectivity index (χ2v) is 4.62. The molecule has 1 N–H and O–H groups in total. The molecule has 1 fully saturated rings. The monoisotopic (exact) mass is 280 g/mol. The lowest BCUT2D eigenvalue weighted by Gasteiger charge is -2.35. The van der Waals surface area contributed by atoms with Crippen LogP contribution in [0.2, 0.25) is 0 Å². The van der Waals surface area contributed by atoms with E-state index in [1.54, 1.807) is 24.0 Å². The van der Waals surface area contributed by atoms with Gasteiger partial charge in [-0.2, -0.15) is 0 Å². The van der Waals surface area contributed by atoms with E-state index in [1.807, 2.05) is 6.07 Å².